The molecule has 174 valence electrons. The summed E-state index contributed by atoms with van der Waals surface area (Å²) in [7, 11) is -3.45. The molecule has 1 aromatic heterocycles. The van der Waals surface area contributed by atoms with E-state index in [0.717, 1.165) is 44.7 Å². The van der Waals surface area contributed by atoms with Crippen LogP contribution in [0.3, 0.4) is 0 Å². The van der Waals surface area contributed by atoms with Crippen LogP contribution in [-0.2, 0) is 32.7 Å². The first-order valence-corrected chi connectivity index (χ1v) is 12.9. The maximum Gasteiger partial charge on any atom is 0.282 e. The number of piperidine rings is 2. The maximum atomic E-state index is 13.0. The molecule has 0 saturated carbocycles. The fourth-order valence-electron chi connectivity index (χ4n) is 4.85. The molecular formula is C20H34N6O4S. The summed E-state index contributed by atoms with van der Waals surface area (Å²) in [6.45, 7) is 7.05. The Morgan fingerprint density at radius 3 is 2.32 bits per heavy atom. The standard InChI is InChI=1S/C20H34N6O4S/c1-2-23-16-21-22-19(23)15-17-3-7-24(8-4-17)20(27)18-5-9-25(10-6-18)31(28,29)26-11-13-30-14-12-26/h16-18H,2-15H2,1H3. The summed E-state index contributed by atoms with van der Waals surface area (Å²) in [5.41, 5.74) is 0. The Balaban J connectivity index is 1.24. The van der Waals surface area contributed by atoms with Gasteiger partial charge in [-0.15, -0.1) is 10.2 Å². The van der Waals surface area contributed by atoms with Gasteiger partial charge in [-0.1, -0.05) is 0 Å². The fraction of sp³-hybridized carbons (Fsp3) is 0.850. The largest absolute Gasteiger partial charge is 0.379 e. The van der Waals surface area contributed by atoms with E-state index in [2.05, 4.69) is 21.7 Å². The number of rotatable bonds is 6. The molecule has 3 fully saturated rings. The van der Waals surface area contributed by atoms with E-state index < -0.39 is 10.2 Å². The van der Waals surface area contributed by atoms with Crippen LogP contribution in [0.2, 0.25) is 0 Å². The lowest BCUT2D eigenvalue weighted by molar-refractivity contribution is -0.138. The van der Waals surface area contributed by atoms with Crippen LogP contribution in [-0.4, -0.2) is 95.1 Å². The zero-order chi connectivity index (χ0) is 21.8. The van der Waals surface area contributed by atoms with Crippen LogP contribution in [0.4, 0.5) is 0 Å². The second-order valence-electron chi connectivity index (χ2n) is 8.70. The van der Waals surface area contributed by atoms with Crippen molar-refractivity contribution >= 4 is 16.1 Å². The second kappa shape index (κ2) is 9.93. The topological polar surface area (TPSA) is 101 Å². The quantitative estimate of drug-likeness (QED) is 0.616. The number of aromatic nitrogens is 3. The molecule has 4 heterocycles. The zero-order valence-electron chi connectivity index (χ0n) is 18.4. The number of hydrogen-bond donors (Lipinski definition) is 0. The van der Waals surface area contributed by atoms with Gasteiger partial charge in [0.05, 0.1) is 13.2 Å². The maximum absolute atomic E-state index is 13.0. The van der Waals surface area contributed by atoms with Crippen molar-refractivity contribution in [2.45, 2.75) is 45.6 Å². The lowest BCUT2D eigenvalue weighted by atomic mass is 9.91. The monoisotopic (exact) mass is 454 g/mol. The van der Waals surface area contributed by atoms with Crippen molar-refractivity contribution in [3.8, 4) is 0 Å². The Hall–Kier alpha value is -1.56. The Kier molecular flexibility index (Phi) is 7.25. The van der Waals surface area contributed by atoms with Gasteiger partial charge < -0.3 is 14.2 Å². The predicted molar refractivity (Wildman–Crippen MR) is 114 cm³/mol. The summed E-state index contributed by atoms with van der Waals surface area (Å²) in [6.07, 6.45) is 5.84. The molecule has 0 spiro atoms. The van der Waals surface area contributed by atoms with E-state index in [1.54, 1.807) is 6.33 Å². The summed E-state index contributed by atoms with van der Waals surface area (Å²) < 4.78 is 36.0. The third kappa shape index (κ3) is 5.10. The summed E-state index contributed by atoms with van der Waals surface area (Å²) in [6, 6.07) is 0. The lowest BCUT2D eigenvalue weighted by Gasteiger charge is -2.38. The van der Waals surface area contributed by atoms with Crippen LogP contribution >= 0.6 is 0 Å². The van der Waals surface area contributed by atoms with Gasteiger partial charge in [-0.05, 0) is 38.5 Å². The second-order valence-corrected chi connectivity index (χ2v) is 10.6. The van der Waals surface area contributed by atoms with Crippen molar-refractivity contribution in [1.82, 2.24) is 28.3 Å². The SMILES string of the molecule is CCn1cnnc1CC1CCN(C(=O)C2CCN(S(=O)(=O)N3CCOCC3)CC2)CC1. The highest BCUT2D eigenvalue weighted by atomic mass is 32.2. The van der Waals surface area contributed by atoms with Gasteiger partial charge in [0.15, 0.2) is 0 Å². The van der Waals surface area contributed by atoms with E-state index in [1.165, 1.54) is 8.61 Å². The van der Waals surface area contributed by atoms with Gasteiger partial charge in [-0.2, -0.15) is 17.0 Å². The van der Waals surface area contributed by atoms with Gasteiger partial charge in [0.25, 0.3) is 10.2 Å². The van der Waals surface area contributed by atoms with Crippen LogP contribution < -0.4 is 0 Å². The van der Waals surface area contributed by atoms with Gasteiger partial charge in [-0.3, -0.25) is 4.79 Å². The van der Waals surface area contributed by atoms with Gasteiger partial charge in [-0.25, -0.2) is 0 Å². The summed E-state index contributed by atoms with van der Waals surface area (Å²) in [5, 5.41) is 8.25. The van der Waals surface area contributed by atoms with Gasteiger partial charge in [0, 0.05) is 58.2 Å². The van der Waals surface area contributed by atoms with Crippen molar-refractivity contribution in [3.05, 3.63) is 12.2 Å². The Labute approximate surface area is 184 Å². The number of aryl methyl sites for hydroxylation is 1. The molecule has 0 aliphatic carbocycles. The molecule has 0 aromatic carbocycles. The molecule has 1 amide bonds. The summed E-state index contributed by atoms with van der Waals surface area (Å²) in [4.78, 5) is 15.0. The Morgan fingerprint density at radius 1 is 1.03 bits per heavy atom. The van der Waals surface area contributed by atoms with Gasteiger partial charge in [0.2, 0.25) is 5.91 Å². The van der Waals surface area contributed by atoms with E-state index in [1.807, 2.05) is 4.90 Å². The Morgan fingerprint density at radius 2 is 1.68 bits per heavy atom. The van der Waals surface area contributed by atoms with Crippen molar-refractivity contribution in [1.29, 1.82) is 0 Å². The first kappa shape index (κ1) is 22.6. The highest BCUT2D eigenvalue weighted by Crippen LogP contribution is 2.27. The number of nitrogens with zero attached hydrogens (tertiary/aromatic N) is 6. The summed E-state index contributed by atoms with van der Waals surface area (Å²) >= 11 is 0. The minimum absolute atomic E-state index is 0.0733. The van der Waals surface area contributed by atoms with Crippen molar-refractivity contribution in [3.63, 3.8) is 0 Å². The normalized spacial score (nSPS) is 23.3. The van der Waals surface area contributed by atoms with Gasteiger partial charge >= 0.3 is 0 Å². The third-order valence-corrected chi connectivity index (χ3v) is 8.90. The molecule has 31 heavy (non-hydrogen) atoms. The van der Waals surface area contributed by atoms with Crippen molar-refractivity contribution in [2.24, 2.45) is 11.8 Å². The molecule has 0 radical (unpaired) electrons. The molecule has 1 aromatic rings. The summed E-state index contributed by atoms with van der Waals surface area (Å²) in [5.74, 6) is 1.68. The van der Waals surface area contributed by atoms with Gasteiger partial charge in [0.1, 0.15) is 12.2 Å². The highest BCUT2D eigenvalue weighted by molar-refractivity contribution is 7.86. The molecule has 0 atom stereocenters. The van der Waals surface area contributed by atoms with E-state index in [-0.39, 0.29) is 11.8 Å². The van der Waals surface area contributed by atoms with E-state index in [0.29, 0.717) is 58.2 Å². The van der Waals surface area contributed by atoms with Crippen molar-refractivity contribution in [2.75, 3.05) is 52.5 Å². The van der Waals surface area contributed by atoms with E-state index in [4.69, 9.17) is 4.74 Å². The lowest BCUT2D eigenvalue weighted by Crippen LogP contribution is -2.52. The molecule has 3 saturated heterocycles. The minimum atomic E-state index is -3.45. The van der Waals surface area contributed by atoms with Crippen molar-refractivity contribution < 1.29 is 17.9 Å². The smallest absolute Gasteiger partial charge is 0.282 e. The number of morpholine rings is 1. The predicted octanol–water partition coefficient (Wildman–Crippen LogP) is 0.368. The molecule has 11 heteroatoms. The molecule has 3 aliphatic heterocycles. The first-order valence-electron chi connectivity index (χ1n) is 11.5. The highest BCUT2D eigenvalue weighted by Gasteiger charge is 2.37. The molecular weight excluding hydrogens is 420 g/mol. The van der Waals surface area contributed by atoms with Crippen LogP contribution in [0, 0.1) is 11.8 Å². The first-order chi connectivity index (χ1) is 15.0. The van der Waals surface area contributed by atoms with Crippen LogP contribution in [0.15, 0.2) is 6.33 Å². The van der Waals surface area contributed by atoms with E-state index in [9.17, 15) is 13.2 Å². The van der Waals surface area contributed by atoms with Crippen LogP contribution in [0.5, 0.6) is 0 Å². The number of ether oxygens (including phenoxy) is 1. The number of carbonyl (C=O) groups is 1. The third-order valence-electron chi connectivity index (χ3n) is 6.86. The Bertz CT molecular complexity index is 838. The molecule has 0 unspecified atom stereocenters. The number of amides is 1. The minimum Gasteiger partial charge on any atom is -0.379 e. The zero-order valence-corrected chi connectivity index (χ0v) is 19.2. The van der Waals surface area contributed by atoms with Crippen LogP contribution in [0.25, 0.3) is 0 Å². The molecule has 10 nitrogen and oxygen atoms in total. The molecule has 0 N–H and O–H groups in total. The van der Waals surface area contributed by atoms with Crippen LogP contribution in [0.1, 0.15) is 38.4 Å². The molecule has 0 bridgehead atoms. The average Bonchev–Trinajstić information content (AvgIpc) is 3.27. The molecule has 3 aliphatic rings. The average molecular weight is 455 g/mol. The van der Waals surface area contributed by atoms with E-state index >= 15 is 0 Å². The fourth-order valence-corrected chi connectivity index (χ4v) is 6.46. The molecule has 4 rings (SSSR count). The number of hydrogen-bond acceptors (Lipinski definition) is 6. The number of likely N-dealkylation sites (tertiary alicyclic amines) is 1. The number of carbonyl (C=O) groups excluding carboxylic acids is 1.